The fraction of sp³-hybridized carbons (Fsp3) is 0.593. The van der Waals surface area contributed by atoms with Crippen LogP contribution in [0.5, 0.6) is 0 Å². The predicted octanol–water partition coefficient (Wildman–Crippen LogP) is 4.55. The minimum Gasteiger partial charge on any atom is -0.401 e. The molecule has 4 rings (SSSR count). The summed E-state index contributed by atoms with van der Waals surface area (Å²) in [7, 11) is 0. The maximum absolute atomic E-state index is 12.9. The van der Waals surface area contributed by atoms with Gasteiger partial charge in [0.2, 0.25) is 5.91 Å². The summed E-state index contributed by atoms with van der Waals surface area (Å²) in [6.07, 6.45) is 4.90. The van der Waals surface area contributed by atoms with Gasteiger partial charge in [-0.25, -0.2) is 0 Å². The molecule has 2 aliphatic heterocycles. The summed E-state index contributed by atoms with van der Waals surface area (Å²) in [6.45, 7) is 16.1. The van der Waals surface area contributed by atoms with Crippen molar-refractivity contribution in [2.75, 3.05) is 45.8 Å². The normalized spacial score (nSPS) is 20.2. The molecule has 2 heterocycles. The maximum Gasteiger partial charge on any atom is 0.236 e. The van der Waals surface area contributed by atoms with E-state index in [0.717, 1.165) is 68.8 Å². The first kappa shape index (κ1) is 25.9. The summed E-state index contributed by atoms with van der Waals surface area (Å²) < 4.78 is 0. The van der Waals surface area contributed by atoms with E-state index in [-0.39, 0.29) is 5.91 Å². The molecule has 0 bridgehead atoms. The van der Waals surface area contributed by atoms with Gasteiger partial charge in [0.15, 0.2) is 0 Å². The minimum absolute atomic E-state index is 0.271. The number of amides is 1. The smallest absolute Gasteiger partial charge is 0.236 e. The molecule has 33 heavy (non-hydrogen) atoms. The number of thioether (sulfide) groups is 1. The summed E-state index contributed by atoms with van der Waals surface area (Å²) in [5.74, 6) is 1.16. The van der Waals surface area contributed by atoms with E-state index in [2.05, 4.69) is 45.5 Å². The summed E-state index contributed by atoms with van der Waals surface area (Å²) in [4.78, 5) is 21.0. The monoisotopic (exact) mass is 470 g/mol. The zero-order chi connectivity index (χ0) is 23.8. The number of carbonyl (C=O) groups is 1. The Morgan fingerprint density at radius 2 is 1.88 bits per heavy atom. The Kier molecular flexibility index (Phi) is 9.90. The zero-order valence-corrected chi connectivity index (χ0v) is 21.6. The van der Waals surface area contributed by atoms with Crippen LogP contribution in [-0.2, 0) is 10.5 Å². The highest BCUT2D eigenvalue weighted by Crippen LogP contribution is 2.29. The van der Waals surface area contributed by atoms with Crippen molar-refractivity contribution < 1.29 is 4.79 Å². The summed E-state index contributed by atoms with van der Waals surface area (Å²) >= 11 is 1.81. The van der Waals surface area contributed by atoms with Crippen LogP contribution in [-0.4, -0.2) is 72.5 Å². The van der Waals surface area contributed by atoms with Crippen LogP contribution in [0.15, 0.2) is 41.4 Å². The summed E-state index contributed by atoms with van der Waals surface area (Å²) in [5.41, 5.74) is 10.9. The first-order valence-corrected chi connectivity index (χ1v) is 13.6. The molecule has 2 fully saturated rings. The van der Waals surface area contributed by atoms with Gasteiger partial charge in [-0.3, -0.25) is 14.6 Å². The molecule has 1 saturated heterocycles. The van der Waals surface area contributed by atoms with Gasteiger partial charge in [0.05, 0.1) is 6.54 Å². The first-order valence-electron chi connectivity index (χ1n) is 12.6. The van der Waals surface area contributed by atoms with E-state index < -0.39 is 0 Å². The number of rotatable bonds is 7. The average Bonchev–Trinajstić information content (AvgIpc) is 2.80. The number of piperazine rings is 1. The third-order valence-corrected chi connectivity index (χ3v) is 8.09. The van der Waals surface area contributed by atoms with E-state index in [4.69, 9.17) is 5.73 Å². The average molecular weight is 471 g/mol. The molecule has 1 saturated carbocycles. The van der Waals surface area contributed by atoms with Crippen LogP contribution in [0.3, 0.4) is 0 Å². The third-order valence-electron chi connectivity index (χ3n) is 6.87. The second-order valence-electron chi connectivity index (χ2n) is 9.18. The molecule has 2 N–H and O–H groups in total. The molecule has 0 unspecified atom stereocenters. The van der Waals surface area contributed by atoms with Crippen LogP contribution in [0.25, 0.3) is 5.57 Å². The number of benzene rings is 1. The van der Waals surface area contributed by atoms with Gasteiger partial charge < -0.3 is 10.6 Å². The fourth-order valence-corrected chi connectivity index (χ4v) is 5.63. The second kappa shape index (κ2) is 12.6. The molecule has 1 amide bonds. The Hall–Kier alpha value is -1.76. The van der Waals surface area contributed by atoms with Gasteiger partial charge in [-0.15, -0.1) is 11.8 Å². The van der Waals surface area contributed by atoms with Gasteiger partial charge in [0.1, 0.15) is 0 Å². The van der Waals surface area contributed by atoms with E-state index in [1.54, 1.807) is 0 Å². The van der Waals surface area contributed by atoms with Crippen LogP contribution >= 0.6 is 11.8 Å². The SMILES string of the molecule is C=C(C)c1cccc(CSC2=C(N)CCN(CC(=O)N3CCN(C4CCC4)CC3)C2)c1.CC. The molecular formula is C27H42N4OS. The highest BCUT2D eigenvalue weighted by molar-refractivity contribution is 8.02. The third kappa shape index (κ3) is 7.11. The number of carbonyl (C=O) groups excluding carboxylic acids is 1. The lowest BCUT2D eigenvalue weighted by Crippen LogP contribution is -2.55. The van der Waals surface area contributed by atoms with Gasteiger partial charge in [0, 0.05) is 68.1 Å². The predicted molar refractivity (Wildman–Crippen MR) is 142 cm³/mol. The van der Waals surface area contributed by atoms with Crippen molar-refractivity contribution in [3.63, 3.8) is 0 Å². The van der Waals surface area contributed by atoms with Crippen molar-refractivity contribution in [2.24, 2.45) is 5.73 Å². The zero-order valence-electron chi connectivity index (χ0n) is 20.8. The van der Waals surface area contributed by atoms with Crippen LogP contribution in [0.2, 0.25) is 0 Å². The Morgan fingerprint density at radius 1 is 1.15 bits per heavy atom. The second-order valence-corrected chi connectivity index (χ2v) is 10.3. The lowest BCUT2D eigenvalue weighted by Gasteiger charge is -2.43. The van der Waals surface area contributed by atoms with Crippen molar-refractivity contribution in [3.8, 4) is 0 Å². The fourth-order valence-electron chi connectivity index (χ4n) is 4.55. The summed E-state index contributed by atoms with van der Waals surface area (Å²) in [6, 6.07) is 9.34. The Balaban J connectivity index is 0.00000149. The van der Waals surface area contributed by atoms with E-state index in [1.807, 2.05) is 32.5 Å². The van der Waals surface area contributed by atoms with Crippen LogP contribution < -0.4 is 5.73 Å². The highest BCUT2D eigenvalue weighted by atomic mass is 32.2. The van der Waals surface area contributed by atoms with Gasteiger partial charge in [-0.05, 0) is 30.9 Å². The maximum atomic E-state index is 12.9. The van der Waals surface area contributed by atoms with Crippen LogP contribution in [0.1, 0.15) is 57.6 Å². The van der Waals surface area contributed by atoms with Gasteiger partial charge in [-0.1, -0.05) is 56.7 Å². The quantitative estimate of drug-likeness (QED) is 0.633. The number of allylic oxidation sites excluding steroid dienone is 1. The molecule has 1 aromatic carbocycles. The van der Waals surface area contributed by atoms with Crippen molar-refractivity contribution in [3.05, 3.63) is 52.6 Å². The summed E-state index contributed by atoms with van der Waals surface area (Å²) in [5, 5.41) is 0. The Bertz CT molecular complexity index is 840. The molecule has 0 aromatic heterocycles. The van der Waals surface area contributed by atoms with Crippen LogP contribution in [0, 0.1) is 0 Å². The number of nitrogens with two attached hydrogens (primary N) is 1. The molecule has 1 aliphatic carbocycles. The molecule has 3 aliphatic rings. The molecule has 1 aromatic rings. The molecule has 0 spiro atoms. The van der Waals surface area contributed by atoms with E-state index in [9.17, 15) is 4.79 Å². The van der Waals surface area contributed by atoms with E-state index in [0.29, 0.717) is 6.54 Å². The van der Waals surface area contributed by atoms with Crippen molar-refractivity contribution in [2.45, 2.75) is 58.2 Å². The molecule has 0 radical (unpaired) electrons. The van der Waals surface area contributed by atoms with Gasteiger partial charge >= 0.3 is 0 Å². The number of hydrogen-bond acceptors (Lipinski definition) is 5. The van der Waals surface area contributed by atoms with Crippen molar-refractivity contribution in [1.82, 2.24) is 14.7 Å². The number of nitrogens with zero attached hydrogens (tertiary/aromatic N) is 3. The molecule has 6 heteroatoms. The van der Waals surface area contributed by atoms with E-state index in [1.165, 1.54) is 35.3 Å². The largest absolute Gasteiger partial charge is 0.401 e. The molecular weight excluding hydrogens is 428 g/mol. The van der Waals surface area contributed by atoms with Crippen molar-refractivity contribution >= 4 is 23.2 Å². The molecule has 0 atom stereocenters. The molecule has 182 valence electrons. The number of hydrogen-bond donors (Lipinski definition) is 1. The standard InChI is InChI=1S/C25H36N4OS.C2H6/c1-19(2)21-6-3-5-20(15-21)18-31-24-16-27(10-9-23(24)26)17-25(30)29-13-11-28(12-14-29)22-7-4-8-22;1-2/h3,5-6,15,22H,1,4,7-14,16-18,26H2,2H3;1-2H3. The lowest BCUT2D eigenvalue weighted by molar-refractivity contribution is -0.134. The van der Waals surface area contributed by atoms with Crippen LogP contribution in [0.4, 0.5) is 0 Å². The topological polar surface area (TPSA) is 52.8 Å². The van der Waals surface area contributed by atoms with Gasteiger partial charge in [-0.2, -0.15) is 0 Å². The van der Waals surface area contributed by atoms with E-state index >= 15 is 0 Å². The minimum atomic E-state index is 0.271. The van der Waals surface area contributed by atoms with Crippen molar-refractivity contribution in [1.29, 1.82) is 0 Å². The van der Waals surface area contributed by atoms with Gasteiger partial charge in [0.25, 0.3) is 0 Å². The Labute approximate surface area is 205 Å². The first-order chi connectivity index (χ1) is 16.0. The Morgan fingerprint density at radius 3 is 2.52 bits per heavy atom. The molecule has 5 nitrogen and oxygen atoms in total. The lowest BCUT2D eigenvalue weighted by atomic mass is 9.91. The highest BCUT2D eigenvalue weighted by Gasteiger charge is 2.30.